The topological polar surface area (TPSA) is 106 Å². The van der Waals surface area contributed by atoms with Crippen molar-refractivity contribution in [3.05, 3.63) is 41.3 Å². The third kappa shape index (κ3) is 3.61. The molecule has 2 heterocycles. The van der Waals surface area contributed by atoms with Crippen LogP contribution in [0.4, 0.5) is 11.8 Å². The molecule has 7 nitrogen and oxygen atoms in total. The molecule has 0 aromatic carbocycles. The van der Waals surface area contributed by atoms with Crippen LogP contribution in [0.2, 0.25) is 0 Å². The van der Waals surface area contributed by atoms with Gasteiger partial charge in [-0.3, -0.25) is 9.78 Å². The van der Waals surface area contributed by atoms with E-state index < -0.39 is 5.91 Å². The highest BCUT2D eigenvalue weighted by atomic mass is 16.1. The number of nitrogens with two attached hydrogens (primary N) is 1. The average Bonchev–Trinajstić information content (AvgIpc) is 2.54. The number of nitrogens with one attached hydrogen (secondary N) is 2. The zero-order chi connectivity index (χ0) is 17.1. The van der Waals surface area contributed by atoms with Crippen molar-refractivity contribution in [1.29, 1.82) is 0 Å². The number of carbonyl (C=O) groups is 1. The van der Waals surface area contributed by atoms with Crippen molar-refractivity contribution >= 4 is 17.7 Å². The number of aryl methyl sites for hydroxylation is 1. The SMILES string of the molecule is CC(C)Nc1nc(N[C@@H]2CCc3ncccc3C2)ncc1C(N)=O. The van der Waals surface area contributed by atoms with Crippen LogP contribution in [-0.2, 0) is 12.8 Å². The second kappa shape index (κ2) is 6.82. The maximum atomic E-state index is 11.5. The van der Waals surface area contributed by atoms with Crippen LogP contribution in [0.5, 0.6) is 0 Å². The van der Waals surface area contributed by atoms with E-state index in [2.05, 4.69) is 31.7 Å². The zero-order valence-corrected chi connectivity index (χ0v) is 13.9. The highest BCUT2D eigenvalue weighted by Crippen LogP contribution is 2.22. The largest absolute Gasteiger partial charge is 0.367 e. The van der Waals surface area contributed by atoms with Crippen LogP contribution in [0.25, 0.3) is 0 Å². The molecule has 24 heavy (non-hydrogen) atoms. The summed E-state index contributed by atoms with van der Waals surface area (Å²) in [5.74, 6) is 0.427. The number of nitrogens with zero attached hydrogens (tertiary/aromatic N) is 3. The van der Waals surface area contributed by atoms with Crippen LogP contribution in [0, 0.1) is 0 Å². The Kier molecular flexibility index (Phi) is 4.59. The number of primary amides is 1. The molecule has 2 aromatic heterocycles. The number of hydrogen-bond acceptors (Lipinski definition) is 6. The molecule has 7 heteroatoms. The molecular weight excluding hydrogens is 304 g/mol. The highest BCUT2D eigenvalue weighted by molar-refractivity contribution is 5.97. The monoisotopic (exact) mass is 326 g/mol. The van der Waals surface area contributed by atoms with Crippen molar-refractivity contribution in [2.24, 2.45) is 5.73 Å². The number of aromatic nitrogens is 3. The van der Waals surface area contributed by atoms with Crippen molar-refractivity contribution in [3.63, 3.8) is 0 Å². The van der Waals surface area contributed by atoms with Crippen LogP contribution in [-0.4, -0.2) is 32.9 Å². The fourth-order valence-corrected chi connectivity index (χ4v) is 2.88. The second-order valence-corrected chi connectivity index (χ2v) is 6.31. The van der Waals surface area contributed by atoms with Crippen LogP contribution >= 0.6 is 0 Å². The standard InChI is InChI=1S/C17H22N6O/c1-10(2)21-16-13(15(18)24)9-20-17(23-16)22-12-5-6-14-11(8-12)4-3-7-19-14/h3-4,7,9-10,12H,5-6,8H2,1-2H3,(H2,18,24)(H2,20,21,22,23)/t12-/m1/s1. The average molecular weight is 326 g/mol. The first-order valence-corrected chi connectivity index (χ1v) is 8.15. The van der Waals surface area contributed by atoms with E-state index in [4.69, 9.17) is 5.73 Å². The summed E-state index contributed by atoms with van der Waals surface area (Å²) in [5.41, 5.74) is 8.12. The van der Waals surface area contributed by atoms with E-state index in [1.54, 1.807) is 0 Å². The summed E-state index contributed by atoms with van der Waals surface area (Å²) in [4.78, 5) is 24.6. The van der Waals surface area contributed by atoms with Gasteiger partial charge in [-0.15, -0.1) is 0 Å². The first-order valence-electron chi connectivity index (χ1n) is 8.15. The molecule has 1 aliphatic rings. The zero-order valence-electron chi connectivity index (χ0n) is 13.9. The molecule has 0 saturated heterocycles. The van der Waals surface area contributed by atoms with E-state index in [9.17, 15) is 4.79 Å². The summed E-state index contributed by atoms with van der Waals surface area (Å²) in [5, 5.41) is 6.51. The van der Waals surface area contributed by atoms with Gasteiger partial charge < -0.3 is 16.4 Å². The molecular formula is C17H22N6O. The van der Waals surface area contributed by atoms with Gasteiger partial charge in [0.15, 0.2) is 0 Å². The lowest BCUT2D eigenvalue weighted by atomic mass is 9.92. The Bertz CT molecular complexity index is 746. The Balaban J connectivity index is 1.77. The molecule has 1 amide bonds. The molecule has 2 aromatic rings. The summed E-state index contributed by atoms with van der Waals surface area (Å²) in [6, 6.07) is 4.45. The summed E-state index contributed by atoms with van der Waals surface area (Å²) in [6.45, 7) is 3.95. The van der Waals surface area contributed by atoms with Crippen LogP contribution < -0.4 is 16.4 Å². The number of carbonyl (C=O) groups excluding carboxylic acids is 1. The quantitative estimate of drug-likeness (QED) is 0.773. The molecule has 1 atom stereocenters. The minimum Gasteiger partial charge on any atom is -0.367 e. The van der Waals surface area contributed by atoms with Crippen molar-refractivity contribution in [2.45, 2.75) is 45.2 Å². The van der Waals surface area contributed by atoms with Crippen molar-refractivity contribution in [2.75, 3.05) is 10.6 Å². The summed E-state index contributed by atoms with van der Waals surface area (Å²) in [6.07, 6.45) is 6.10. The number of pyridine rings is 1. The minimum absolute atomic E-state index is 0.137. The number of anilines is 2. The van der Waals surface area contributed by atoms with Crippen LogP contribution in [0.15, 0.2) is 24.5 Å². The Morgan fingerprint density at radius 3 is 2.96 bits per heavy atom. The normalized spacial score (nSPS) is 16.5. The molecule has 0 spiro atoms. The molecule has 4 N–H and O–H groups in total. The smallest absolute Gasteiger partial charge is 0.254 e. The molecule has 126 valence electrons. The van der Waals surface area contributed by atoms with Gasteiger partial charge in [0.1, 0.15) is 5.82 Å². The van der Waals surface area contributed by atoms with Gasteiger partial charge in [0.25, 0.3) is 5.91 Å². The fraction of sp³-hybridized carbons (Fsp3) is 0.412. The van der Waals surface area contributed by atoms with Gasteiger partial charge >= 0.3 is 0 Å². The predicted molar refractivity (Wildman–Crippen MR) is 93.0 cm³/mol. The van der Waals surface area contributed by atoms with Gasteiger partial charge in [0, 0.05) is 30.2 Å². The molecule has 0 saturated carbocycles. The molecule has 0 radical (unpaired) electrons. The van der Waals surface area contributed by atoms with E-state index in [0.717, 1.165) is 19.3 Å². The highest BCUT2D eigenvalue weighted by Gasteiger charge is 2.20. The van der Waals surface area contributed by atoms with Crippen LogP contribution in [0.3, 0.4) is 0 Å². The number of amides is 1. The molecule has 0 fully saturated rings. The Morgan fingerprint density at radius 1 is 1.38 bits per heavy atom. The predicted octanol–water partition coefficient (Wildman–Crippen LogP) is 1.76. The molecule has 0 unspecified atom stereocenters. The van der Waals surface area contributed by atoms with Gasteiger partial charge in [-0.1, -0.05) is 6.07 Å². The van der Waals surface area contributed by atoms with E-state index in [0.29, 0.717) is 17.3 Å². The summed E-state index contributed by atoms with van der Waals surface area (Å²) in [7, 11) is 0. The van der Waals surface area contributed by atoms with Gasteiger partial charge in [-0.05, 0) is 44.7 Å². The van der Waals surface area contributed by atoms with Crippen molar-refractivity contribution in [1.82, 2.24) is 15.0 Å². The number of fused-ring (bicyclic) bond motifs is 1. The maximum Gasteiger partial charge on any atom is 0.254 e. The number of rotatable bonds is 5. The third-order valence-corrected chi connectivity index (χ3v) is 3.99. The fourth-order valence-electron chi connectivity index (χ4n) is 2.88. The minimum atomic E-state index is -0.539. The molecule has 0 aliphatic heterocycles. The lowest BCUT2D eigenvalue weighted by molar-refractivity contribution is 0.100. The van der Waals surface area contributed by atoms with E-state index >= 15 is 0 Å². The first-order chi connectivity index (χ1) is 11.5. The lowest BCUT2D eigenvalue weighted by Crippen LogP contribution is -2.29. The van der Waals surface area contributed by atoms with Gasteiger partial charge in [0.2, 0.25) is 5.95 Å². The van der Waals surface area contributed by atoms with E-state index in [1.165, 1.54) is 17.5 Å². The molecule has 0 bridgehead atoms. The lowest BCUT2D eigenvalue weighted by Gasteiger charge is -2.25. The molecule has 1 aliphatic carbocycles. The van der Waals surface area contributed by atoms with Crippen molar-refractivity contribution in [3.8, 4) is 0 Å². The van der Waals surface area contributed by atoms with Gasteiger partial charge in [-0.2, -0.15) is 4.98 Å². The van der Waals surface area contributed by atoms with Crippen LogP contribution in [0.1, 0.15) is 41.9 Å². The first kappa shape index (κ1) is 16.2. The Labute approximate surface area is 141 Å². The van der Waals surface area contributed by atoms with E-state index in [-0.39, 0.29) is 12.1 Å². The number of hydrogen-bond donors (Lipinski definition) is 3. The third-order valence-electron chi connectivity index (χ3n) is 3.99. The summed E-state index contributed by atoms with van der Waals surface area (Å²) >= 11 is 0. The second-order valence-electron chi connectivity index (χ2n) is 6.31. The Hall–Kier alpha value is -2.70. The van der Waals surface area contributed by atoms with Gasteiger partial charge in [-0.25, -0.2) is 4.98 Å². The maximum absolute atomic E-state index is 11.5. The van der Waals surface area contributed by atoms with Crippen molar-refractivity contribution < 1.29 is 4.79 Å². The molecule has 3 rings (SSSR count). The Morgan fingerprint density at radius 2 is 2.21 bits per heavy atom. The van der Waals surface area contributed by atoms with E-state index in [1.807, 2.05) is 26.1 Å². The van der Waals surface area contributed by atoms with Gasteiger partial charge in [0.05, 0.1) is 5.56 Å². The summed E-state index contributed by atoms with van der Waals surface area (Å²) < 4.78 is 0.